The summed E-state index contributed by atoms with van der Waals surface area (Å²) in [5, 5.41) is 12.2. The van der Waals surface area contributed by atoms with E-state index >= 15 is 0 Å². The molecule has 8 heteroatoms. The Morgan fingerprint density at radius 2 is 2.15 bits per heavy atom. The van der Waals surface area contributed by atoms with Crippen LogP contribution in [0, 0.1) is 6.92 Å². The largest absolute Gasteiger partial charge is 0.486 e. The SMILES string of the molecule is Cc1cnc(Nc2cccc3c2OCCO3)nc1-c1c[nH]c(C(=O)O)c1. The average molecular weight is 352 g/mol. The van der Waals surface area contributed by atoms with Gasteiger partial charge >= 0.3 is 5.97 Å². The van der Waals surface area contributed by atoms with E-state index in [9.17, 15) is 4.79 Å². The minimum atomic E-state index is -1.02. The van der Waals surface area contributed by atoms with E-state index in [0.29, 0.717) is 47.6 Å². The third-order valence-corrected chi connectivity index (χ3v) is 3.97. The van der Waals surface area contributed by atoms with Crippen molar-refractivity contribution in [2.24, 2.45) is 0 Å². The van der Waals surface area contributed by atoms with Gasteiger partial charge in [-0.1, -0.05) is 6.07 Å². The van der Waals surface area contributed by atoms with Gasteiger partial charge in [-0.3, -0.25) is 0 Å². The van der Waals surface area contributed by atoms with Crippen molar-refractivity contribution in [3.8, 4) is 22.8 Å². The number of carbonyl (C=O) groups is 1. The van der Waals surface area contributed by atoms with Crippen molar-refractivity contribution in [2.75, 3.05) is 18.5 Å². The van der Waals surface area contributed by atoms with Gasteiger partial charge in [-0.15, -0.1) is 0 Å². The first-order valence-corrected chi connectivity index (χ1v) is 8.03. The summed E-state index contributed by atoms with van der Waals surface area (Å²) >= 11 is 0. The lowest BCUT2D eigenvalue weighted by Crippen LogP contribution is -2.16. The molecule has 1 aliphatic heterocycles. The van der Waals surface area contributed by atoms with Gasteiger partial charge in [-0.25, -0.2) is 14.8 Å². The molecule has 3 N–H and O–H groups in total. The molecule has 0 amide bonds. The Bertz CT molecular complexity index is 983. The number of anilines is 2. The first-order valence-electron chi connectivity index (χ1n) is 8.03. The monoisotopic (exact) mass is 352 g/mol. The highest BCUT2D eigenvalue weighted by atomic mass is 16.6. The molecule has 3 heterocycles. The number of hydrogen-bond acceptors (Lipinski definition) is 6. The highest BCUT2D eigenvalue weighted by Gasteiger charge is 2.17. The highest BCUT2D eigenvalue weighted by molar-refractivity contribution is 5.87. The van der Waals surface area contributed by atoms with Gasteiger partial charge in [0.05, 0.1) is 11.4 Å². The normalized spacial score (nSPS) is 12.7. The van der Waals surface area contributed by atoms with Crippen molar-refractivity contribution in [1.29, 1.82) is 0 Å². The van der Waals surface area contributed by atoms with Crippen LogP contribution >= 0.6 is 0 Å². The summed E-state index contributed by atoms with van der Waals surface area (Å²) in [5.41, 5.74) is 2.97. The number of aromatic amines is 1. The van der Waals surface area contributed by atoms with Crippen LogP contribution < -0.4 is 14.8 Å². The highest BCUT2D eigenvalue weighted by Crippen LogP contribution is 2.38. The van der Waals surface area contributed by atoms with Crippen LogP contribution in [0.25, 0.3) is 11.3 Å². The average Bonchev–Trinajstić information content (AvgIpc) is 3.14. The van der Waals surface area contributed by atoms with E-state index in [1.165, 1.54) is 0 Å². The summed E-state index contributed by atoms with van der Waals surface area (Å²) in [6.07, 6.45) is 3.30. The van der Waals surface area contributed by atoms with E-state index in [2.05, 4.69) is 20.3 Å². The van der Waals surface area contributed by atoms with Crippen LogP contribution in [0.15, 0.2) is 36.7 Å². The number of benzene rings is 1. The number of H-pyrrole nitrogens is 1. The molecule has 132 valence electrons. The molecule has 0 saturated heterocycles. The molecule has 4 rings (SSSR count). The Hall–Kier alpha value is -3.55. The number of aryl methyl sites for hydroxylation is 1. The van der Waals surface area contributed by atoms with Crippen molar-refractivity contribution in [3.05, 3.63) is 47.9 Å². The number of para-hydroxylation sites is 1. The van der Waals surface area contributed by atoms with Gasteiger partial charge in [0.1, 0.15) is 18.9 Å². The lowest BCUT2D eigenvalue weighted by molar-refractivity contribution is 0.0691. The third kappa shape index (κ3) is 2.92. The fraction of sp³-hybridized carbons (Fsp3) is 0.167. The van der Waals surface area contributed by atoms with Gasteiger partial charge in [0, 0.05) is 18.0 Å². The molecule has 0 fully saturated rings. The zero-order valence-electron chi connectivity index (χ0n) is 13.9. The first-order chi connectivity index (χ1) is 12.6. The standard InChI is InChI=1S/C18H16N4O4/c1-10-8-20-18(22-15(10)11-7-13(17(23)24)19-9-11)21-12-3-2-4-14-16(12)26-6-5-25-14/h2-4,7-9,19H,5-6H2,1H3,(H,23,24)(H,20,21,22). The predicted octanol–water partition coefficient (Wildman–Crippen LogP) is 2.99. The molecule has 0 bridgehead atoms. The van der Waals surface area contributed by atoms with Gasteiger partial charge in [-0.05, 0) is 30.7 Å². The Morgan fingerprint density at radius 3 is 2.96 bits per heavy atom. The first kappa shape index (κ1) is 15.9. The Morgan fingerprint density at radius 1 is 1.31 bits per heavy atom. The predicted molar refractivity (Wildman–Crippen MR) is 94.2 cm³/mol. The molecular weight excluding hydrogens is 336 g/mol. The van der Waals surface area contributed by atoms with E-state index in [-0.39, 0.29) is 5.69 Å². The van der Waals surface area contributed by atoms with Crippen LogP contribution in [0.2, 0.25) is 0 Å². The second kappa shape index (κ2) is 6.40. The summed E-state index contributed by atoms with van der Waals surface area (Å²) < 4.78 is 11.3. The van der Waals surface area contributed by atoms with Gasteiger partial charge in [0.15, 0.2) is 11.5 Å². The summed E-state index contributed by atoms with van der Waals surface area (Å²) in [6.45, 7) is 2.86. The summed E-state index contributed by atoms with van der Waals surface area (Å²) in [6, 6.07) is 7.10. The summed E-state index contributed by atoms with van der Waals surface area (Å²) in [5.74, 6) is 0.658. The molecule has 0 aliphatic carbocycles. The van der Waals surface area contributed by atoms with Crippen LogP contribution in [0.5, 0.6) is 11.5 Å². The van der Waals surface area contributed by atoms with Gasteiger partial charge in [0.2, 0.25) is 5.95 Å². The van der Waals surface area contributed by atoms with Crippen LogP contribution in [-0.4, -0.2) is 39.2 Å². The van der Waals surface area contributed by atoms with E-state index in [0.717, 1.165) is 5.56 Å². The Kier molecular flexibility index (Phi) is 3.92. The van der Waals surface area contributed by atoms with E-state index in [4.69, 9.17) is 14.6 Å². The summed E-state index contributed by atoms with van der Waals surface area (Å²) in [4.78, 5) is 22.6. The number of carboxylic acid groups (broad SMARTS) is 1. The second-order valence-electron chi connectivity index (χ2n) is 5.79. The molecule has 26 heavy (non-hydrogen) atoms. The molecule has 0 saturated carbocycles. The van der Waals surface area contributed by atoms with Gasteiger partial charge in [0.25, 0.3) is 0 Å². The van der Waals surface area contributed by atoms with E-state index < -0.39 is 5.97 Å². The van der Waals surface area contributed by atoms with Crippen molar-refractivity contribution in [2.45, 2.75) is 6.92 Å². The van der Waals surface area contributed by atoms with E-state index in [1.54, 1.807) is 18.5 Å². The fourth-order valence-corrected chi connectivity index (χ4v) is 2.74. The number of rotatable bonds is 4. The molecule has 0 spiro atoms. The number of nitrogens with one attached hydrogen (secondary N) is 2. The topological polar surface area (TPSA) is 109 Å². The minimum Gasteiger partial charge on any atom is -0.486 e. The zero-order valence-corrected chi connectivity index (χ0v) is 13.9. The molecule has 0 unspecified atom stereocenters. The zero-order chi connectivity index (χ0) is 18.1. The number of carboxylic acids is 1. The number of aromatic nitrogens is 3. The molecule has 1 aliphatic rings. The van der Waals surface area contributed by atoms with Crippen molar-refractivity contribution >= 4 is 17.6 Å². The molecule has 0 atom stereocenters. The molecule has 1 aromatic carbocycles. The molecule has 0 radical (unpaired) electrons. The molecular formula is C18H16N4O4. The smallest absolute Gasteiger partial charge is 0.352 e. The fourth-order valence-electron chi connectivity index (χ4n) is 2.74. The lowest BCUT2D eigenvalue weighted by Gasteiger charge is -2.21. The third-order valence-electron chi connectivity index (χ3n) is 3.97. The molecule has 8 nitrogen and oxygen atoms in total. The quantitative estimate of drug-likeness (QED) is 0.662. The number of nitrogens with zero attached hydrogens (tertiary/aromatic N) is 2. The van der Waals surface area contributed by atoms with Gasteiger partial charge < -0.3 is 24.9 Å². The minimum absolute atomic E-state index is 0.107. The van der Waals surface area contributed by atoms with Crippen molar-refractivity contribution in [1.82, 2.24) is 15.0 Å². The Balaban J connectivity index is 1.67. The van der Waals surface area contributed by atoms with Crippen molar-refractivity contribution in [3.63, 3.8) is 0 Å². The number of hydrogen-bond donors (Lipinski definition) is 3. The van der Waals surface area contributed by atoms with E-state index in [1.807, 2.05) is 25.1 Å². The van der Waals surface area contributed by atoms with Gasteiger partial charge in [-0.2, -0.15) is 0 Å². The molecule has 3 aromatic rings. The van der Waals surface area contributed by atoms with Crippen LogP contribution in [0.1, 0.15) is 16.1 Å². The van der Waals surface area contributed by atoms with Crippen LogP contribution in [0.4, 0.5) is 11.6 Å². The maximum atomic E-state index is 11.1. The van der Waals surface area contributed by atoms with Crippen LogP contribution in [-0.2, 0) is 0 Å². The molecule has 2 aromatic heterocycles. The number of fused-ring (bicyclic) bond motifs is 1. The number of ether oxygens (including phenoxy) is 2. The maximum Gasteiger partial charge on any atom is 0.352 e. The maximum absolute atomic E-state index is 11.1. The Labute approximate surface area is 148 Å². The van der Waals surface area contributed by atoms with Crippen molar-refractivity contribution < 1.29 is 19.4 Å². The second-order valence-corrected chi connectivity index (χ2v) is 5.79. The number of aromatic carboxylic acids is 1. The summed E-state index contributed by atoms with van der Waals surface area (Å²) in [7, 11) is 0. The van der Waals surface area contributed by atoms with Crippen LogP contribution in [0.3, 0.4) is 0 Å². The lowest BCUT2D eigenvalue weighted by atomic mass is 10.1.